The summed E-state index contributed by atoms with van der Waals surface area (Å²) in [5.41, 5.74) is 0.721. The fourth-order valence-electron chi connectivity index (χ4n) is 2.11. The van der Waals surface area contributed by atoms with Crippen LogP contribution in [0.15, 0.2) is 32.4 Å². The van der Waals surface area contributed by atoms with Crippen molar-refractivity contribution in [1.82, 2.24) is 20.3 Å². The average Bonchev–Trinajstić information content (AvgIpc) is 3.29. The molecule has 3 rings (SSSR count). The van der Waals surface area contributed by atoms with Gasteiger partial charge >= 0.3 is 0 Å². The second-order valence-electron chi connectivity index (χ2n) is 5.12. The highest BCUT2D eigenvalue weighted by atomic mass is 32.2. The summed E-state index contributed by atoms with van der Waals surface area (Å²) < 4.78 is 21.4. The summed E-state index contributed by atoms with van der Waals surface area (Å²) in [6.45, 7) is 2.07. The second kappa shape index (κ2) is 8.02. The van der Waals surface area contributed by atoms with Gasteiger partial charge in [0, 0.05) is 18.1 Å². The monoisotopic (exact) mass is 362 g/mol. The van der Waals surface area contributed by atoms with E-state index in [1.54, 1.807) is 32.4 Å². The molecule has 2 heterocycles. The van der Waals surface area contributed by atoms with Crippen molar-refractivity contribution in [1.29, 1.82) is 0 Å². The summed E-state index contributed by atoms with van der Waals surface area (Å²) in [5, 5.41) is 12.4. The molecule has 3 aromatic rings. The summed E-state index contributed by atoms with van der Waals surface area (Å²) in [6.07, 6.45) is 1.78. The predicted molar refractivity (Wildman–Crippen MR) is 90.7 cm³/mol. The van der Waals surface area contributed by atoms with Gasteiger partial charge in [-0.25, -0.2) is 0 Å². The third-order valence-electron chi connectivity index (χ3n) is 3.31. The number of nitrogens with zero attached hydrogens (tertiary/aromatic N) is 4. The lowest BCUT2D eigenvalue weighted by molar-refractivity contribution is 0.384. The Hall–Kier alpha value is -2.55. The van der Waals surface area contributed by atoms with Crippen LogP contribution >= 0.6 is 11.8 Å². The van der Waals surface area contributed by atoms with Crippen molar-refractivity contribution >= 4 is 11.8 Å². The summed E-state index contributed by atoms with van der Waals surface area (Å²) in [5.74, 6) is 3.41. The van der Waals surface area contributed by atoms with Crippen LogP contribution < -0.4 is 9.47 Å². The molecule has 0 radical (unpaired) electrons. The number of rotatable bonds is 8. The molecular weight excluding hydrogens is 344 g/mol. The number of aryl methyl sites for hydroxylation is 1. The molecule has 1 aromatic carbocycles. The van der Waals surface area contributed by atoms with Gasteiger partial charge in [-0.1, -0.05) is 23.8 Å². The number of hydrogen-bond donors (Lipinski definition) is 0. The smallest absolute Gasteiger partial charge is 0.277 e. The molecule has 25 heavy (non-hydrogen) atoms. The maximum atomic E-state index is 5.68. The number of hydrogen-bond acceptors (Lipinski definition) is 9. The van der Waals surface area contributed by atoms with Gasteiger partial charge in [0.05, 0.1) is 20.0 Å². The first-order valence-corrected chi connectivity index (χ1v) is 8.71. The molecular formula is C16H18N4O4S. The molecule has 0 N–H and O–H groups in total. The molecule has 0 aliphatic rings. The number of aromatic nitrogens is 4. The zero-order valence-electron chi connectivity index (χ0n) is 14.2. The third kappa shape index (κ3) is 4.30. The Morgan fingerprint density at radius 2 is 1.84 bits per heavy atom. The molecule has 0 spiro atoms. The molecule has 0 aliphatic heterocycles. The SMILES string of the molecule is CCCc1noc(CSc2nnc(-c3cc(OC)cc(OC)c3)o2)n1. The lowest BCUT2D eigenvalue weighted by atomic mass is 10.2. The lowest BCUT2D eigenvalue weighted by Crippen LogP contribution is -1.88. The van der Waals surface area contributed by atoms with Crippen LogP contribution in [0.1, 0.15) is 25.1 Å². The third-order valence-corrected chi connectivity index (χ3v) is 4.11. The number of ether oxygens (including phenoxy) is 2. The van der Waals surface area contributed by atoms with E-state index in [1.165, 1.54) is 11.8 Å². The van der Waals surface area contributed by atoms with Gasteiger partial charge in [0.1, 0.15) is 11.5 Å². The first-order chi connectivity index (χ1) is 12.2. The maximum Gasteiger partial charge on any atom is 0.277 e. The molecule has 0 saturated carbocycles. The predicted octanol–water partition coefficient (Wildman–Crippen LogP) is 3.38. The van der Waals surface area contributed by atoms with E-state index in [0.717, 1.165) is 18.4 Å². The normalized spacial score (nSPS) is 10.8. The molecule has 0 unspecified atom stereocenters. The van der Waals surface area contributed by atoms with E-state index in [9.17, 15) is 0 Å². The minimum atomic E-state index is 0.386. The van der Waals surface area contributed by atoms with E-state index < -0.39 is 0 Å². The Morgan fingerprint density at radius 3 is 2.52 bits per heavy atom. The molecule has 0 aliphatic carbocycles. The van der Waals surface area contributed by atoms with Crippen LogP contribution in [-0.4, -0.2) is 34.6 Å². The van der Waals surface area contributed by atoms with Gasteiger partial charge in [0.15, 0.2) is 5.82 Å². The minimum absolute atomic E-state index is 0.386. The van der Waals surface area contributed by atoms with Crippen LogP contribution in [0.25, 0.3) is 11.5 Å². The van der Waals surface area contributed by atoms with Crippen molar-refractivity contribution in [2.75, 3.05) is 14.2 Å². The van der Waals surface area contributed by atoms with Gasteiger partial charge in [-0.05, 0) is 18.6 Å². The fraction of sp³-hybridized carbons (Fsp3) is 0.375. The fourth-order valence-corrected chi connectivity index (χ4v) is 2.71. The largest absolute Gasteiger partial charge is 0.497 e. The van der Waals surface area contributed by atoms with Crippen molar-refractivity contribution in [3.05, 3.63) is 29.9 Å². The molecule has 0 amide bonds. The van der Waals surface area contributed by atoms with Crippen molar-refractivity contribution in [3.63, 3.8) is 0 Å². The number of thioether (sulfide) groups is 1. The number of benzene rings is 1. The molecule has 132 valence electrons. The average molecular weight is 362 g/mol. The van der Waals surface area contributed by atoms with Gasteiger partial charge in [-0.15, -0.1) is 10.2 Å². The maximum absolute atomic E-state index is 5.68. The van der Waals surface area contributed by atoms with Crippen LogP contribution in [0.2, 0.25) is 0 Å². The van der Waals surface area contributed by atoms with Gasteiger partial charge in [-0.2, -0.15) is 4.98 Å². The lowest BCUT2D eigenvalue weighted by Gasteiger charge is -2.05. The zero-order valence-corrected chi connectivity index (χ0v) is 15.0. The van der Waals surface area contributed by atoms with Gasteiger partial charge in [-0.3, -0.25) is 0 Å². The Balaban J connectivity index is 1.69. The Kier molecular flexibility index (Phi) is 5.54. The van der Waals surface area contributed by atoms with E-state index in [-0.39, 0.29) is 0 Å². The van der Waals surface area contributed by atoms with Gasteiger partial charge < -0.3 is 18.4 Å². The van der Waals surface area contributed by atoms with E-state index in [4.69, 9.17) is 18.4 Å². The van der Waals surface area contributed by atoms with E-state index in [0.29, 0.717) is 40.1 Å². The number of methoxy groups -OCH3 is 2. The topological polar surface area (TPSA) is 96.3 Å². The molecule has 9 heteroatoms. The van der Waals surface area contributed by atoms with E-state index >= 15 is 0 Å². The summed E-state index contributed by atoms with van der Waals surface area (Å²) in [7, 11) is 3.18. The molecule has 0 atom stereocenters. The summed E-state index contributed by atoms with van der Waals surface area (Å²) >= 11 is 1.34. The van der Waals surface area contributed by atoms with Crippen molar-refractivity contribution in [2.24, 2.45) is 0 Å². The Morgan fingerprint density at radius 1 is 1.08 bits per heavy atom. The van der Waals surface area contributed by atoms with E-state index in [2.05, 4.69) is 27.3 Å². The summed E-state index contributed by atoms with van der Waals surface area (Å²) in [4.78, 5) is 4.30. The minimum Gasteiger partial charge on any atom is -0.497 e. The first kappa shape index (κ1) is 17.3. The second-order valence-corrected chi connectivity index (χ2v) is 6.04. The van der Waals surface area contributed by atoms with Crippen LogP contribution in [-0.2, 0) is 12.2 Å². The van der Waals surface area contributed by atoms with Gasteiger partial charge in [0.25, 0.3) is 5.22 Å². The quantitative estimate of drug-likeness (QED) is 0.559. The molecule has 0 fully saturated rings. The van der Waals surface area contributed by atoms with Gasteiger partial charge in [0.2, 0.25) is 11.8 Å². The van der Waals surface area contributed by atoms with Crippen molar-refractivity contribution in [2.45, 2.75) is 30.7 Å². The van der Waals surface area contributed by atoms with Crippen LogP contribution in [0.5, 0.6) is 11.5 Å². The first-order valence-electron chi connectivity index (χ1n) is 7.73. The Bertz CT molecular complexity index is 811. The standard InChI is InChI=1S/C16H18N4O4S/c1-4-5-13-17-14(24-20-13)9-25-16-19-18-15(23-16)10-6-11(21-2)8-12(7-10)22-3/h6-8H,4-5,9H2,1-3H3. The summed E-state index contributed by atoms with van der Waals surface area (Å²) in [6, 6.07) is 5.39. The van der Waals surface area contributed by atoms with Crippen molar-refractivity contribution < 1.29 is 18.4 Å². The molecule has 2 aromatic heterocycles. The zero-order chi connectivity index (χ0) is 17.6. The highest BCUT2D eigenvalue weighted by Crippen LogP contribution is 2.31. The van der Waals surface area contributed by atoms with E-state index in [1.807, 2.05) is 0 Å². The van der Waals surface area contributed by atoms with Crippen LogP contribution in [0.4, 0.5) is 0 Å². The van der Waals surface area contributed by atoms with Crippen LogP contribution in [0.3, 0.4) is 0 Å². The Labute approximate surface area is 148 Å². The van der Waals surface area contributed by atoms with Crippen molar-refractivity contribution in [3.8, 4) is 23.0 Å². The molecule has 0 saturated heterocycles. The van der Waals surface area contributed by atoms with Crippen LogP contribution in [0, 0.1) is 0 Å². The highest BCUT2D eigenvalue weighted by molar-refractivity contribution is 7.98. The molecule has 8 nitrogen and oxygen atoms in total. The highest BCUT2D eigenvalue weighted by Gasteiger charge is 2.14. The molecule has 0 bridgehead atoms.